The van der Waals surface area contributed by atoms with Crippen molar-refractivity contribution in [2.24, 2.45) is 0 Å². The van der Waals surface area contributed by atoms with Gasteiger partial charge in [-0.1, -0.05) is 24.3 Å². The summed E-state index contributed by atoms with van der Waals surface area (Å²) in [6.45, 7) is 3.45. The lowest BCUT2D eigenvalue weighted by molar-refractivity contribution is -0.385. The van der Waals surface area contributed by atoms with Crippen molar-refractivity contribution in [3.8, 4) is 0 Å². The summed E-state index contributed by atoms with van der Waals surface area (Å²) < 4.78 is 5.35. The number of benzene rings is 1. The quantitative estimate of drug-likeness (QED) is 0.625. The number of ether oxygens (including phenoxy) is 1. The summed E-state index contributed by atoms with van der Waals surface area (Å²) in [5.41, 5.74) is 1.97. The molecule has 0 aliphatic carbocycles. The molecular formula is C16H17N3O4. The number of nitro groups is 1. The van der Waals surface area contributed by atoms with E-state index >= 15 is 0 Å². The molecule has 2 aromatic rings. The number of hydrogen-bond acceptors (Lipinski definition) is 5. The lowest BCUT2D eigenvalue weighted by Gasteiger charge is -2.07. The zero-order valence-electron chi connectivity index (χ0n) is 12.7. The lowest BCUT2D eigenvalue weighted by atomic mass is 10.1. The summed E-state index contributed by atoms with van der Waals surface area (Å²) in [6, 6.07) is 10.3. The molecule has 0 bridgehead atoms. The van der Waals surface area contributed by atoms with Crippen LogP contribution in [0.25, 0.3) is 0 Å². The molecule has 0 saturated heterocycles. The molecule has 1 aromatic carbocycles. The van der Waals surface area contributed by atoms with E-state index in [1.807, 2.05) is 31.2 Å². The third-order valence-electron chi connectivity index (χ3n) is 3.11. The van der Waals surface area contributed by atoms with Gasteiger partial charge in [0.25, 0.3) is 11.6 Å². The Morgan fingerprint density at radius 1 is 1.30 bits per heavy atom. The minimum Gasteiger partial charge on any atom is -0.377 e. The van der Waals surface area contributed by atoms with Gasteiger partial charge in [-0.15, -0.1) is 0 Å². The first-order valence-corrected chi connectivity index (χ1v) is 7.14. The largest absolute Gasteiger partial charge is 0.377 e. The summed E-state index contributed by atoms with van der Waals surface area (Å²) >= 11 is 0. The van der Waals surface area contributed by atoms with E-state index in [9.17, 15) is 14.9 Å². The van der Waals surface area contributed by atoms with E-state index in [2.05, 4.69) is 10.3 Å². The third-order valence-corrected chi connectivity index (χ3v) is 3.11. The van der Waals surface area contributed by atoms with Gasteiger partial charge in [0.1, 0.15) is 11.9 Å². The second kappa shape index (κ2) is 8.00. The molecular weight excluding hydrogens is 298 g/mol. The summed E-state index contributed by atoms with van der Waals surface area (Å²) in [6.07, 6.45) is 1.07. The van der Waals surface area contributed by atoms with Crippen molar-refractivity contribution in [2.75, 3.05) is 6.61 Å². The Bertz CT molecular complexity index is 686. The number of carbonyl (C=O) groups is 1. The smallest absolute Gasteiger partial charge is 0.287 e. The van der Waals surface area contributed by atoms with Crippen molar-refractivity contribution < 1.29 is 14.5 Å². The number of pyridine rings is 1. The van der Waals surface area contributed by atoms with Crippen LogP contribution in [0, 0.1) is 10.1 Å². The number of hydrogen-bond donors (Lipinski definition) is 1. The van der Waals surface area contributed by atoms with Crippen molar-refractivity contribution in [1.82, 2.24) is 10.3 Å². The molecule has 0 saturated carbocycles. The maximum absolute atomic E-state index is 12.0. The number of nitrogens with one attached hydrogen (secondary N) is 1. The fourth-order valence-electron chi connectivity index (χ4n) is 1.95. The van der Waals surface area contributed by atoms with Gasteiger partial charge >= 0.3 is 0 Å². The molecule has 7 nitrogen and oxygen atoms in total. The van der Waals surface area contributed by atoms with Crippen LogP contribution < -0.4 is 5.32 Å². The van der Waals surface area contributed by atoms with Gasteiger partial charge in [-0.05, 0) is 24.1 Å². The van der Waals surface area contributed by atoms with Crippen LogP contribution in [0.3, 0.4) is 0 Å². The second-order valence-electron chi connectivity index (χ2n) is 4.80. The Kier molecular flexibility index (Phi) is 5.76. The topological polar surface area (TPSA) is 94.4 Å². The molecule has 2 rings (SSSR count). The second-order valence-corrected chi connectivity index (χ2v) is 4.80. The zero-order chi connectivity index (χ0) is 16.7. The minimum absolute atomic E-state index is 0.140. The highest BCUT2D eigenvalue weighted by Crippen LogP contribution is 2.10. The summed E-state index contributed by atoms with van der Waals surface area (Å²) in [4.78, 5) is 25.8. The highest BCUT2D eigenvalue weighted by atomic mass is 16.6. The Morgan fingerprint density at radius 2 is 2.09 bits per heavy atom. The maximum atomic E-state index is 12.0. The first-order valence-electron chi connectivity index (χ1n) is 7.14. The van der Waals surface area contributed by atoms with E-state index < -0.39 is 4.92 Å². The fraction of sp³-hybridized carbons (Fsp3) is 0.250. The molecule has 0 spiro atoms. The van der Waals surface area contributed by atoms with E-state index in [1.165, 1.54) is 12.1 Å². The molecule has 0 aliphatic heterocycles. The molecule has 0 unspecified atom stereocenters. The lowest BCUT2D eigenvalue weighted by Crippen LogP contribution is -2.23. The number of amides is 1. The number of carbonyl (C=O) groups excluding carboxylic acids is 1. The third kappa shape index (κ3) is 4.86. The van der Waals surface area contributed by atoms with Crippen molar-refractivity contribution >= 4 is 11.6 Å². The van der Waals surface area contributed by atoms with Crippen LogP contribution >= 0.6 is 0 Å². The molecule has 23 heavy (non-hydrogen) atoms. The monoisotopic (exact) mass is 315 g/mol. The molecule has 0 atom stereocenters. The normalized spacial score (nSPS) is 10.3. The molecule has 120 valence electrons. The van der Waals surface area contributed by atoms with Crippen LogP contribution in [0.4, 0.5) is 5.69 Å². The molecule has 1 aromatic heterocycles. The van der Waals surface area contributed by atoms with E-state index in [0.29, 0.717) is 19.8 Å². The van der Waals surface area contributed by atoms with Gasteiger partial charge < -0.3 is 10.1 Å². The van der Waals surface area contributed by atoms with Gasteiger partial charge in [0.05, 0.1) is 11.5 Å². The summed E-state index contributed by atoms with van der Waals surface area (Å²) in [7, 11) is 0. The van der Waals surface area contributed by atoms with Crippen molar-refractivity contribution in [2.45, 2.75) is 20.1 Å². The van der Waals surface area contributed by atoms with E-state index in [-0.39, 0.29) is 17.3 Å². The zero-order valence-corrected chi connectivity index (χ0v) is 12.7. The average molecular weight is 315 g/mol. The maximum Gasteiger partial charge on any atom is 0.287 e. The van der Waals surface area contributed by atoms with Crippen LogP contribution in [0.5, 0.6) is 0 Å². The fourth-order valence-corrected chi connectivity index (χ4v) is 1.95. The molecule has 1 heterocycles. The van der Waals surface area contributed by atoms with Crippen molar-refractivity contribution in [3.63, 3.8) is 0 Å². The molecule has 1 N–H and O–H groups in total. The highest BCUT2D eigenvalue weighted by Gasteiger charge is 2.10. The Hall–Kier alpha value is -2.80. The summed E-state index contributed by atoms with van der Waals surface area (Å²) in [5.74, 6) is -0.380. The highest BCUT2D eigenvalue weighted by molar-refractivity contribution is 5.92. The van der Waals surface area contributed by atoms with Gasteiger partial charge in [-0.3, -0.25) is 14.9 Å². The molecule has 7 heteroatoms. The Morgan fingerprint density at radius 3 is 2.74 bits per heavy atom. The van der Waals surface area contributed by atoms with E-state index in [1.54, 1.807) is 0 Å². The van der Waals surface area contributed by atoms with Crippen LogP contribution in [-0.4, -0.2) is 22.4 Å². The Balaban J connectivity index is 1.94. The molecule has 0 aliphatic rings. The van der Waals surface area contributed by atoms with Gasteiger partial charge in [-0.2, -0.15) is 0 Å². The molecule has 1 amide bonds. The average Bonchev–Trinajstić information content (AvgIpc) is 2.58. The SMILES string of the molecule is CCOCc1cccc(CNC(=O)c2ccc([N+](=O)[O-])cn2)c1. The van der Waals surface area contributed by atoms with E-state index in [4.69, 9.17) is 4.74 Å². The van der Waals surface area contributed by atoms with Crippen LogP contribution in [0.15, 0.2) is 42.6 Å². The summed E-state index contributed by atoms with van der Waals surface area (Å²) in [5, 5.41) is 13.3. The van der Waals surface area contributed by atoms with Crippen LogP contribution in [-0.2, 0) is 17.9 Å². The molecule has 0 fully saturated rings. The van der Waals surface area contributed by atoms with Crippen molar-refractivity contribution in [3.05, 3.63) is 69.5 Å². The predicted molar refractivity (Wildman–Crippen MR) is 83.8 cm³/mol. The number of nitrogens with zero attached hydrogens (tertiary/aromatic N) is 2. The van der Waals surface area contributed by atoms with Gasteiger partial charge in [0.2, 0.25) is 0 Å². The predicted octanol–water partition coefficient (Wildman–Crippen LogP) is 2.46. The van der Waals surface area contributed by atoms with Gasteiger partial charge in [-0.25, -0.2) is 4.98 Å². The number of rotatable bonds is 7. The van der Waals surface area contributed by atoms with Crippen LogP contribution in [0.1, 0.15) is 28.5 Å². The standard InChI is InChI=1S/C16H17N3O4/c1-2-23-11-13-5-3-4-12(8-13)9-18-16(20)15-7-6-14(10-17-15)19(21)22/h3-8,10H,2,9,11H2,1H3,(H,18,20). The van der Waals surface area contributed by atoms with Gasteiger partial charge in [0.15, 0.2) is 0 Å². The Labute approximate surface area is 133 Å². The van der Waals surface area contributed by atoms with Crippen molar-refractivity contribution in [1.29, 1.82) is 0 Å². The molecule has 0 radical (unpaired) electrons. The number of aromatic nitrogens is 1. The van der Waals surface area contributed by atoms with Crippen LogP contribution in [0.2, 0.25) is 0 Å². The van der Waals surface area contributed by atoms with E-state index in [0.717, 1.165) is 17.3 Å². The first kappa shape index (κ1) is 16.6. The first-order chi connectivity index (χ1) is 11.1. The van der Waals surface area contributed by atoms with Gasteiger partial charge in [0, 0.05) is 19.2 Å². The minimum atomic E-state index is -0.557.